The molecule has 5 rings (SSSR count). The summed E-state index contributed by atoms with van der Waals surface area (Å²) in [7, 11) is 0. The fourth-order valence-electron chi connectivity index (χ4n) is 3.60. The molecule has 0 saturated heterocycles. The van der Waals surface area contributed by atoms with E-state index >= 15 is 0 Å². The summed E-state index contributed by atoms with van der Waals surface area (Å²) >= 11 is 0. The van der Waals surface area contributed by atoms with E-state index in [1.807, 2.05) is 19.1 Å². The quantitative estimate of drug-likeness (QED) is 0.350. The van der Waals surface area contributed by atoms with Crippen LogP contribution in [0.25, 0.3) is 27.8 Å². The lowest BCUT2D eigenvalue weighted by Gasteiger charge is -2.16. The lowest BCUT2D eigenvalue weighted by molar-refractivity contribution is 0.471. The molecule has 3 heterocycles. The maximum atomic E-state index is 13.5. The molecule has 154 valence electrons. The molecule has 0 aliphatic heterocycles. The van der Waals surface area contributed by atoms with Gasteiger partial charge in [0.2, 0.25) is 5.95 Å². The summed E-state index contributed by atoms with van der Waals surface area (Å²) < 4.78 is 1.41. The van der Waals surface area contributed by atoms with Crippen LogP contribution >= 0.6 is 0 Å². The first kappa shape index (κ1) is 18.6. The molecule has 0 atom stereocenters. The number of rotatable bonds is 4. The number of para-hydroxylation sites is 2. The second-order valence-electron chi connectivity index (χ2n) is 7.01. The molecule has 0 saturated carbocycles. The van der Waals surface area contributed by atoms with E-state index in [2.05, 4.69) is 25.3 Å². The lowest BCUT2D eigenvalue weighted by atomic mass is 10.1. The Labute approximate surface area is 175 Å². The van der Waals surface area contributed by atoms with Crippen molar-refractivity contribution in [1.29, 1.82) is 0 Å². The summed E-state index contributed by atoms with van der Waals surface area (Å²) in [4.78, 5) is 33.6. The van der Waals surface area contributed by atoms with Gasteiger partial charge in [-0.25, -0.2) is 9.97 Å². The van der Waals surface area contributed by atoms with Crippen LogP contribution in [0, 0.1) is 6.92 Å². The van der Waals surface area contributed by atoms with Crippen molar-refractivity contribution in [1.82, 2.24) is 29.5 Å². The largest absolute Gasteiger partial charge is 0.506 e. The molecular weight excluding hydrogens is 396 g/mol. The average molecular weight is 414 g/mol. The second kappa shape index (κ2) is 7.10. The van der Waals surface area contributed by atoms with Gasteiger partial charge in [0.15, 0.2) is 11.5 Å². The number of phenols is 1. The summed E-state index contributed by atoms with van der Waals surface area (Å²) in [5, 5.41) is 14.1. The van der Waals surface area contributed by atoms with Gasteiger partial charge in [-0.3, -0.25) is 9.36 Å². The molecule has 0 fully saturated rings. The maximum Gasteiger partial charge on any atom is 0.266 e. The number of anilines is 2. The van der Waals surface area contributed by atoms with Crippen LogP contribution in [0.2, 0.25) is 0 Å². The molecular formula is C21H18N8O2. The van der Waals surface area contributed by atoms with Gasteiger partial charge in [0, 0.05) is 0 Å². The van der Waals surface area contributed by atoms with Crippen molar-refractivity contribution >= 4 is 33.8 Å². The zero-order valence-corrected chi connectivity index (χ0v) is 16.5. The van der Waals surface area contributed by atoms with Crippen LogP contribution in [0.15, 0.2) is 53.6 Å². The molecule has 0 aliphatic rings. The minimum atomic E-state index is -0.268. The molecule has 10 heteroatoms. The van der Waals surface area contributed by atoms with Crippen LogP contribution in [0.1, 0.15) is 11.4 Å². The summed E-state index contributed by atoms with van der Waals surface area (Å²) in [5.41, 5.74) is 8.25. The van der Waals surface area contributed by atoms with E-state index in [9.17, 15) is 9.90 Å². The molecule has 2 aromatic carbocycles. The third kappa shape index (κ3) is 3.10. The van der Waals surface area contributed by atoms with Crippen LogP contribution in [-0.2, 0) is 6.54 Å². The maximum absolute atomic E-state index is 13.5. The Kier molecular flexibility index (Phi) is 4.25. The Balaban J connectivity index is 1.69. The van der Waals surface area contributed by atoms with Crippen molar-refractivity contribution in [3.63, 3.8) is 0 Å². The van der Waals surface area contributed by atoms with Crippen LogP contribution in [0.4, 0.5) is 11.8 Å². The highest BCUT2D eigenvalue weighted by atomic mass is 16.3. The molecule has 0 spiro atoms. The molecule has 0 radical (unpaired) electrons. The number of hydrogen-bond acceptors (Lipinski definition) is 8. The first-order valence-electron chi connectivity index (χ1n) is 9.53. The highest BCUT2D eigenvalue weighted by Crippen LogP contribution is 2.24. The van der Waals surface area contributed by atoms with Crippen molar-refractivity contribution in [2.24, 2.45) is 0 Å². The van der Waals surface area contributed by atoms with Gasteiger partial charge >= 0.3 is 0 Å². The van der Waals surface area contributed by atoms with Gasteiger partial charge < -0.3 is 21.1 Å². The molecule has 0 aliphatic carbocycles. The Bertz CT molecular complexity index is 1510. The number of imidazole rings is 1. The molecule has 0 unspecified atom stereocenters. The van der Waals surface area contributed by atoms with Crippen molar-refractivity contribution in [3.8, 4) is 11.4 Å². The molecule has 10 nitrogen and oxygen atoms in total. The third-order valence-corrected chi connectivity index (χ3v) is 5.01. The van der Waals surface area contributed by atoms with E-state index in [-0.39, 0.29) is 23.8 Å². The highest BCUT2D eigenvalue weighted by molar-refractivity contribution is 5.84. The van der Waals surface area contributed by atoms with Crippen LogP contribution in [0.3, 0.4) is 0 Å². The SMILES string of the molecule is Cc1cccc2nc(CNc3nc(N)nc4nc[nH]c34)n(-c3ccccc3O)c(=O)c12. The number of fused-ring (bicyclic) bond motifs is 2. The van der Waals surface area contributed by atoms with Gasteiger partial charge in [-0.15, -0.1) is 0 Å². The van der Waals surface area contributed by atoms with E-state index in [0.29, 0.717) is 39.4 Å². The summed E-state index contributed by atoms with van der Waals surface area (Å²) in [6, 6.07) is 12.1. The Morgan fingerprint density at radius 2 is 1.97 bits per heavy atom. The number of nitrogens with zero attached hydrogens (tertiary/aromatic N) is 5. The predicted octanol–water partition coefficient (Wildman–Crippen LogP) is 2.26. The molecule has 5 N–H and O–H groups in total. The predicted molar refractivity (Wildman–Crippen MR) is 117 cm³/mol. The molecule has 0 amide bonds. The highest BCUT2D eigenvalue weighted by Gasteiger charge is 2.17. The van der Waals surface area contributed by atoms with Crippen molar-refractivity contribution < 1.29 is 5.11 Å². The number of nitrogens with two attached hydrogens (primary N) is 1. The monoisotopic (exact) mass is 414 g/mol. The molecule has 3 aromatic heterocycles. The minimum Gasteiger partial charge on any atom is -0.506 e. The first-order valence-corrected chi connectivity index (χ1v) is 9.53. The van der Waals surface area contributed by atoms with Gasteiger partial charge in [0.1, 0.15) is 17.1 Å². The number of aryl methyl sites for hydroxylation is 1. The lowest BCUT2D eigenvalue weighted by Crippen LogP contribution is -2.26. The third-order valence-electron chi connectivity index (χ3n) is 5.01. The first-order chi connectivity index (χ1) is 15.0. The Morgan fingerprint density at radius 1 is 1.13 bits per heavy atom. The number of nitrogen functional groups attached to an aromatic ring is 1. The smallest absolute Gasteiger partial charge is 0.266 e. The van der Waals surface area contributed by atoms with E-state index in [1.54, 1.807) is 24.3 Å². The van der Waals surface area contributed by atoms with E-state index in [1.165, 1.54) is 17.0 Å². The standard InChI is InChI=1S/C21H18N8O2/c1-11-5-4-6-12-16(11)20(31)29(13-7-2-3-8-14(13)30)15(26-12)9-23-18-17-19(25-10-24-17)28-21(22)27-18/h2-8,10,30H,9H2,1H3,(H4,22,23,24,25,27,28). The number of phenolic OH excluding ortho intramolecular Hbond substituents is 1. The Morgan fingerprint density at radius 3 is 2.81 bits per heavy atom. The number of aromatic nitrogens is 6. The second-order valence-corrected chi connectivity index (χ2v) is 7.01. The summed E-state index contributed by atoms with van der Waals surface area (Å²) in [5.74, 6) is 0.877. The number of nitrogens with one attached hydrogen (secondary N) is 2. The number of H-pyrrole nitrogens is 1. The van der Waals surface area contributed by atoms with Crippen LogP contribution < -0.4 is 16.6 Å². The van der Waals surface area contributed by atoms with Gasteiger partial charge in [0.25, 0.3) is 5.56 Å². The fourth-order valence-corrected chi connectivity index (χ4v) is 3.60. The number of benzene rings is 2. The molecule has 31 heavy (non-hydrogen) atoms. The summed E-state index contributed by atoms with van der Waals surface area (Å²) in [6.07, 6.45) is 1.50. The summed E-state index contributed by atoms with van der Waals surface area (Å²) in [6.45, 7) is 2.00. The van der Waals surface area contributed by atoms with Crippen LogP contribution in [-0.4, -0.2) is 34.6 Å². The van der Waals surface area contributed by atoms with E-state index < -0.39 is 0 Å². The number of aromatic amines is 1. The van der Waals surface area contributed by atoms with Crippen molar-refractivity contribution in [2.75, 3.05) is 11.1 Å². The molecule has 5 aromatic rings. The van der Waals surface area contributed by atoms with Gasteiger partial charge in [-0.1, -0.05) is 24.3 Å². The molecule has 0 bridgehead atoms. The Hall–Kier alpha value is -4.47. The average Bonchev–Trinajstić information content (AvgIpc) is 3.21. The normalized spacial score (nSPS) is 11.3. The topological polar surface area (TPSA) is 148 Å². The number of aromatic hydroxyl groups is 1. The minimum absolute atomic E-state index is 0.0252. The van der Waals surface area contributed by atoms with Crippen LogP contribution in [0.5, 0.6) is 5.75 Å². The van der Waals surface area contributed by atoms with E-state index in [0.717, 1.165) is 5.56 Å². The van der Waals surface area contributed by atoms with Crippen molar-refractivity contribution in [2.45, 2.75) is 13.5 Å². The van der Waals surface area contributed by atoms with Gasteiger partial charge in [-0.05, 0) is 30.7 Å². The van der Waals surface area contributed by atoms with Gasteiger partial charge in [-0.2, -0.15) is 9.97 Å². The fraction of sp³-hybridized carbons (Fsp3) is 0.0952. The van der Waals surface area contributed by atoms with Gasteiger partial charge in [0.05, 0.1) is 29.5 Å². The van der Waals surface area contributed by atoms with E-state index in [4.69, 9.17) is 10.7 Å². The zero-order chi connectivity index (χ0) is 21.5. The van der Waals surface area contributed by atoms with Crippen molar-refractivity contribution in [3.05, 3.63) is 70.5 Å². The number of hydrogen-bond donors (Lipinski definition) is 4. The zero-order valence-electron chi connectivity index (χ0n) is 16.5.